The van der Waals surface area contributed by atoms with E-state index in [1.54, 1.807) is 19.1 Å². The normalized spacial score (nSPS) is 13.5. The van der Waals surface area contributed by atoms with E-state index in [1.807, 2.05) is 0 Å². The number of benzene rings is 1. The largest absolute Gasteiger partial charge is 0.337 e. The molecule has 2 rings (SSSR count). The Labute approximate surface area is 104 Å². The number of hydrogen-bond donors (Lipinski definition) is 0. The molecule has 18 heavy (non-hydrogen) atoms. The van der Waals surface area contributed by atoms with Gasteiger partial charge in [0.2, 0.25) is 0 Å². The first kappa shape index (κ1) is 12.0. The molecule has 0 radical (unpaired) electrons. The Balaban J connectivity index is 2.19. The standard InChI is InChI=1S/C13H11NO4/c1-8(2)7-11(15)18-14-12(16)9-5-3-4-6-10(9)13(14)17/h3-6H,1,7H2,2H3. The Bertz CT molecular complexity index is 527. The monoisotopic (exact) mass is 245 g/mol. The maximum absolute atomic E-state index is 11.8. The minimum absolute atomic E-state index is 0.0343. The van der Waals surface area contributed by atoms with Gasteiger partial charge in [-0.3, -0.25) is 9.59 Å². The highest BCUT2D eigenvalue weighted by atomic mass is 16.7. The number of carbonyl (C=O) groups is 3. The third-order valence-corrected chi connectivity index (χ3v) is 2.40. The van der Waals surface area contributed by atoms with E-state index in [4.69, 9.17) is 4.84 Å². The van der Waals surface area contributed by atoms with Crippen LogP contribution >= 0.6 is 0 Å². The van der Waals surface area contributed by atoms with Crippen molar-refractivity contribution in [2.24, 2.45) is 0 Å². The van der Waals surface area contributed by atoms with Crippen LogP contribution in [0.2, 0.25) is 0 Å². The molecule has 2 amide bonds. The van der Waals surface area contributed by atoms with Gasteiger partial charge in [0.05, 0.1) is 17.5 Å². The van der Waals surface area contributed by atoms with Crippen molar-refractivity contribution in [3.8, 4) is 0 Å². The van der Waals surface area contributed by atoms with Crippen LogP contribution in [-0.4, -0.2) is 22.8 Å². The van der Waals surface area contributed by atoms with E-state index in [0.717, 1.165) is 0 Å². The SMILES string of the molecule is C=C(C)CC(=O)ON1C(=O)c2ccccc2C1=O. The minimum atomic E-state index is -0.683. The second-order valence-electron chi connectivity index (χ2n) is 4.05. The summed E-state index contributed by atoms with van der Waals surface area (Å²) in [5.41, 5.74) is 1.08. The topological polar surface area (TPSA) is 63.7 Å². The van der Waals surface area contributed by atoms with Crippen LogP contribution in [-0.2, 0) is 9.63 Å². The van der Waals surface area contributed by atoms with Crippen molar-refractivity contribution < 1.29 is 19.2 Å². The lowest BCUT2D eigenvalue weighted by Gasteiger charge is -2.12. The highest BCUT2D eigenvalue weighted by Gasteiger charge is 2.38. The van der Waals surface area contributed by atoms with Crippen LogP contribution in [0.5, 0.6) is 0 Å². The van der Waals surface area contributed by atoms with Crippen molar-refractivity contribution in [3.63, 3.8) is 0 Å². The van der Waals surface area contributed by atoms with E-state index in [9.17, 15) is 14.4 Å². The molecule has 0 N–H and O–H groups in total. The zero-order valence-corrected chi connectivity index (χ0v) is 9.80. The Morgan fingerprint density at radius 1 is 1.22 bits per heavy atom. The number of nitrogens with zero attached hydrogens (tertiary/aromatic N) is 1. The van der Waals surface area contributed by atoms with Crippen molar-refractivity contribution in [1.29, 1.82) is 0 Å². The van der Waals surface area contributed by atoms with Crippen LogP contribution in [0, 0.1) is 0 Å². The summed E-state index contributed by atoms with van der Waals surface area (Å²) in [6, 6.07) is 6.32. The average Bonchev–Trinajstić information content (AvgIpc) is 2.54. The van der Waals surface area contributed by atoms with Crippen LogP contribution in [0.4, 0.5) is 0 Å². The maximum atomic E-state index is 11.8. The summed E-state index contributed by atoms with van der Waals surface area (Å²) in [7, 11) is 0. The van der Waals surface area contributed by atoms with Gasteiger partial charge in [-0.05, 0) is 19.1 Å². The van der Waals surface area contributed by atoms with E-state index in [2.05, 4.69) is 6.58 Å². The van der Waals surface area contributed by atoms with Crippen LogP contribution in [0.3, 0.4) is 0 Å². The van der Waals surface area contributed by atoms with E-state index in [0.29, 0.717) is 10.6 Å². The molecular weight excluding hydrogens is 234 g/mol. The molecule has 1 aromatic carbocycles. The number of hydroxylamine groups is 2. The van der Waals surface area contributed by atoms with Gasteiger partial charge >= 0.3 is 5.97 Å². The summed E-state index contributed by atoms with van der Waals surface area (Å²) < 4.78 is 0. The summed E-state index contributed by atoms with van der Waals surface area (Å²) in [6.45, 7) is 5.21. The molecule has 0 saturated carbocycles. The zero-order valence-electron chi connectivity index (χ0n) is 9.80. The second-order valence-corrected chi connectivity index (χ2v) is 4.05. The molecule has 1 aliphatic rings. The molecule has 0 aromatic heterocycles. The van der Waals surface area contributed by atoms with Crippen LogP contribution in [0.25, 0.3) is 0 Å². The number of amides is 2. The van der Waals surface area contributed by atoms with Crippen LogP contribution in [0.1, 0.15) is 34.1 Å². The summed E-state index contributed by atoms with van der Waals surface area (Å²) in [5, 5.41) is 0.496. The summed E-state index contributed by atoms with van der Waals surface area (Å²) >= 11 is 0. The lowest BCUT2D eigenvalue weighted by Crippen LogP contribution is -2.32. The fourth-order valence-electron chi connectivity index (χ4n) is 1.63. The fraction of sp³-hybridized carbons (Fsp3) is 0.154. The molecule has 0 atom stereocenters. The van der Waals surface area contributed by atoms with E-state index in [1.165, 1.54) is 12.1 Å². The molecule has 0 spiro atoms. The van der Waals surface area contributed by atoms with Gasteiger partial charge < -0.3 is 4.84 Å². The Kier molecular flexibility index (Phi) is 2.97. The van der Waals surface area contributed by atoms with Crippen molar-refractivity contribution in [2.45, 2.75) is 13.3 Å². The minimum Gasteiger partial charge on any atom is -0.329 e. The van der Waals surface area contributed by atoms with Crippen LogP contribution < -0.4 is 0 Å². The van der Waals surface area contributed by atoms with Gasteiger partial charge in [0.25, 0.3) is 11.8 Å². The van der Waals surface area contributed by atoms with Gasteiger partial charge in [0.15, 0.2) is 0 Å². The molecule has 0 bridgehead atoms. The molecular formula is C13H11NO4. The van der Waals surface area contributed by atoms with Gasteiger partial charge in [0.1, 0.15) is 0 Å². The summed E-state index contributed by atoms with van der Waals surface area (Å²) in [4.78, 5) is 39.9. The zero-order chi connectivity index (χ0) is 13.3. The third-order valence-electron chi connectivity index (χ3n) is 2.40. The number of carbonyl (C=O) groups excluding carboxylic acids is 3. The van der Waals surface area contributed by atoms with Crippen LogP contribution in [0.15, 0.2) is 36.4 Å². The first-order chi connectivity index (χ1) is 8.50. The van der Waals surface area contributed by atoms with Crippen molar-refractivity contribution >= 4 is 17.8 Å². The number of rotatable bonds is 3. The third kappa shape index (κ3) is 2.02. The molecule has 1 heterocycles. The maximum Gasteiger partial charge on any atom is 0.337 e. The molecule has 92 valence electrons. The smallest absolute Gasteiger partial charge is 0.329 e. The molecule has 5 heteroatoms. The molecule has 0 saturated heterocycles. The van der Waals surface area contributed by atoms with E-state index in [-0.39, 0.29) is 17.5 Å². The van der Waals surface area contributed by atoms with Gasteiger partial charge in [-0.1, -0.05) is 29.3 Å². The number of imide groups is 1. The predicted octanol–water partition coefficient (Wildman–Crippen LogP) is 1.71. The predicted molar refractivity (Wildman–Crippen MR) is 62.5 cm³/mol. The molecule has 0 fully saturated rings. The van der Waals surface area contributed by atoms with Crippen molar-refractivity contribution in [1.82, 2.24) is 5.06 Å². The van der Waals surface area contributed by atoms with E-state index < -0.39 is 17.8 Å². The first-order valence-corrected chi connectivity index (χ1v) is 5.33. The lowest BCUT2D eigenvalue weighted by atomic mass is 10.1. The molecule has 1 aliphatic heterocycles. The van der Waals surface area contributed by atoms with Gasteiger partial charge in [0, 0.05) is 0 Å². The van der Waals surface area contributed by atoms with Gasteiger partial charge in [-0.2, -0.15) is 0 Å². The summed E-state index contributed by atoms with van der Waals surface area (Å²) in [5.74, 6) is -1.92. The Morgan fingerprint density at radius 3 is 2.17 bits per heavy atom. The highest BCUT2D eigenvalue weighted by molar-refractivity contribution is 6.20. The average molecular weight is 245 g/mol. The second kappa shape index (κ2) is 4.44. The summed E-state index contributed by atoms with van der Waals surface area (Å²) in [6.07, 6.45) is -0.0343. The fourth-order valence-corrected chi connectivity index (χ4v) is 1.63. The van der Waals surface area contributed by atoms with Crippen molar-refractivity contribution in [3.05, 3.63) is 47.5 Å². The van der Waals surface area contributed by atoms with Gasteiger partial charge in [-0.25, -0.2) is 4.79 Å². The molecule has 1 aromatic rings. The highest BCUT2D eigenvalue weighted by Crippen LogP contribution is 2.22. The van der Waals surface area contributed by atoms with Gasteiger partial charge in [-0.15, -0.1) is 0 Å². The van der Waals surface area contributed by atoms with E-state index >= 15 is 0 Å². The number of hydrogen-bond acceptors (Lipinski definition) is 4. The Hall–Kier alpha value is -2.43. The quantitative estimate of drug-likeness (QED) is 0.600. The molecule has 0 aliphatic carbocycles. The lowest BCUT2D eigenvalue weighted by molar-refractivity contribution is -0.167. The molecule has 0 unspecified atom stereocenters. The Morgan fingerprint density at radius 2 is 1.72 bits per heavy atom. The first-order valence-electron chi connectivity index (χ1n) is 5.33. The molecule has 5 nitrogen and oxygen atoms in total. The van der Waals surface area contributed by atoms with Crippen molar-refractivity contribution in [2.75, 3.05) is 0 Å². The number of fused-ring (bicyclic) bond motifs is 1.